The monoisotopic (exact) mass is 134 g/mol. The average Bonchev–Trinajstić information content (AvgIpc) is 1.65. The van der Waals surface area contributed by atoms with Crippen molar-refractivity contribution in [1.29, 1.82) is 0 Å². The van der Waals surface area contributed by atoms with Crippen molar-refractivity contribution in [2.45, 2.75) is 6.42 Å². The number of thiol groups is 1. The molecule has 0 aromatic heterocycles. The second-order valence-corrected chi connectivity index (χ2v) is 1.77. The van der Waals surface area contributed by atoms with Crippen molar-refractivity contribution < 1.29 is 14.7 Å². The Balaban J connectivity index is 3.40. The molecule has 0 aromatic rings. The molecule has 0 heterocycles. The summed E-state index contributed by atoms with van der Waals surface area (Å²) in [5.74, 6) is -0.495. The van der Waals surface area contributed by atoms with Crippen molar-refractivity contribution in [3.05, 3.63) is 0 Å². The molecule has 0 saturated heterocycles. The van der Waals surface area contributed by atoms with Crippen LogP contribution in [0.3, 0.4) is 0 Å². The molecule has 3 nitrogen and oxygen atoms in total. The molecular weight excluding hydrogens is 128 g/mol. The first kappa shape index (κ1) is 7.65. The molecular formula is C4H6O3S. The Morgan fingerprint density at radius 1 is 1.50 bits per heavy atom. The fraction of sp³-hybridized carbons (Fsp3) is 0.500. The predicted octanol–water partition coefficient (Wildman–Crippen LogP) is -0.606. The lowest BCUT2D eigenvalue weighted by Gasteiger charge is -1.86. The van der Waals surface area contributed by atoms with Crippen LogP contribution < -0.4 is 0 Å². The molecule has 0 fully saturated rings. The van der Waals surface area contributed by atoms with Crippen molar-refractivity contribution in [2.24, 2.45) is 0 Å². The molecule has 4 heteroatoms. The molecule has 8 heavy (non-hydrogen) atoms. The van der Waals surface area contributed by atoms with Crippen molar-refractivity contribution in [1.82, 2.24) is 0 Å². The molecule has 0 aromatic carbocycles. The van der Waals surface area contributed by atoms with Gasteiger partial charge in [-0.3, -0.25) is 9.59 Å². The number of hydrogen-bond acceptors (Lipinski definition) is 3. The summed E-state index contributed by atoms with van der Waals surface area (Å²) in [6, 6.07) is 0. The van der Waals surface area contributed by atoms with Gasteiger partial charge in [0.2, 0.25) is 0 Å². The minimum absolute atomic E-state index is 0.278. The van der Waals surface area contributed by atoms with E-state index in [1.807, 2.05) is 0 Å². The summed E-state index contributed by atoms with van der Waals surface area (Å²) in [4.78, 5) is 20.0. The van der Waals surface area contributed by atoms with Crippen LogP contribution in [0.25, 0.3) is 0 Å². The number of carbonyl (C=O) groups excluding carboxylic acids is 2. The Labute approximate surface area is 52.1 Å². The largest absolute Gasteiger partial charge is 0.389 e. The molecule has 0 aliphatic rings. The Hall–Kier alpha value is -0.350. The molecule has 0 aliphatic heterocycles. The maximum Gasteiger partial charge on any atom is 0.193 e. The quantitative estimate of drug-likeness (QED) is 0.400. The smallest absolute Gasteiger partial charge is 0.193 e. The average molecular weight is 134 g/mol. The highest BCUT2D eigenvalue weighted by Crippen LogP contribution is 1.87. The van der Waals surface area contributed by atoms with E-state index < -0.39 is 17.5 Å². The van der Waals surface area contributed by atoms with Gasteiger partial charge in [0.1, 0.15) is 6.61 Å². The van der Waals surface area contributed by atoms with Gasteiger partial charge in [-0.05, 0) is 0 Å². The molecule has 0 spiro atoms. The van der Waals surface area contributed by atoms with Gasteiger partial charge >= 0.3 is 0 Å². The topological polar surface area (TPSA) is 54.4 Å². The summed E-state index contributed by atoms with van der Waals surface area (Å²) >= 11 is 3.32. The molecule has 0 unspecified atom stereocenters. The summed E-state index contributed by atoms with van der Waals surface area (Å²) in [6.07, 6.45) is -0.278. The maximum absolute atomic E-state index is 10.1. The highest BCUT2D eigenvalue weighted by Gasteiger charge is 2.01. The van der Waals surface area contributed by atoms with Crippen LogP contribution in [0.5, 0.6) is 0 Å². The number of rotatable bonds is 3. The Bertz CT molecular complexity index is 110. The van der Waals surface area contributed by atoms with Gasteiger partial charge in [-0.15, -0.1) is 12.6 Å². The third kappa shape index (κ3) is 3.83. The Morgan fingerprint density at radius 2 is 2.00 bits per heavy atom. The second kappa shape index (κ2) is 3.63. The summed E-state index contributed by atoms with van der Waals surface area (Å²) in [6.45, 7) is -0.577. The molecule has 0 atom stereocenters. The summed E-state index contributed by atoms with van der Waals surface area (Å²) in [7, 11) is 0. The lowest BCUT2D eigenvalue weighted by atomic mass is 10.3. The third-order valence-electron chi connectivity index (χ3n) is 0.525. The maximum atomic E-state index is 10.1. The van der Waals surface area contributed by atoms with Crippen molar-refractivity contribution in [2.75, 3.05) is 6.61 Å². The lowest BCUT2D eigenvalue weighted by Crippen LogP contribution is -2.06. The van der Waals surface area contributed by atoms with Gasteiger partial charge in [-0.2, -0.15) is 0 Å². The summed E-state index contributed by atoms with van der Waals surface area (Å²) in [5, 5.41) is 7.54. The van der Waals surface area contributed by atoms with E-state index >= 15 is 0 Å². The number of aliphatic hydroxyl groups excluding tert-OH is 1. The summed E-state index contributed by atoms with van der Waals surface area (Å²) < 4.78 is 0. The molecule has 46 valence electrons. The number of carbonyl (C=O) groups is 2. The molecule has 0 rings (SSSR count). The minimum Gasteiger partial charge on any atom is -0.389 e. The normalized spacial score (nSPS) is 8.75. The van der Waals surface area contributed by atoms with E-state index in [2.05, 4.69) is 12.6 Å². The Morgan fingerprint density at radius 3 is 2.12 bits per heavy atom. The van der Waals surface area contributed by atoms with Crippen LogP contribution in [-0.4, -0.2) is 22.6 Å². The number of aliphatic hydroxyl groups is 1. The van der Waals surface area contributed by atoms with E-state index in [9.17, 15) is 9.59 Å². The second-order valence-electron chi connectivity index (χ2n) is 1.27. The number of ketones is 1. The van der Waals surface area contributed by atoms with Gasteiger partial charge < -0.3 is 5.11 Å². The fourth-order valence-electron chi connectivity index (χ4n) is 0.225. The van der Waals surface area contributed by atoms with Gasteiger partial charge in [0.05, 0.1) is 6.42 Å². The molecule has 1 N–H and O–H groups in total. The van der Waals surface area contributed by atoms with E-state index in [-0.39, 0.29) is 6.42 Å². The minimum atomic E-state index is -0.577. The molecule has 0 bridgehead atoms. The highest BCUT2D eigenvalue weighted by atomic mass is 32.1. The van der Waals surface area contributed by atoms with Gasteiger partial charge in [0.25, 0.3) is 0 Å². The van der Waals surface area contributed by atoms with E-state index in [1.165, 1.54) is 0 Å². The summed E-state index contributed by atoms with van der Waals surface area (Å²) in [5.41, 5.74) is 0. The van der Waals surface area contributed by atoms with Crippen LogP contribution in [-0.2, 0) is 9.59 Å². The van der Waals surface area contributed by atoms with Crippen LogP contribution >= 0.6 is 12.6 Å². The SMILES string of the molecule is O=C(S)CC(=O)CO. The highest BCUT2D eigenvalue weighted by molar-refractivity contribution is 7.96. The van der Waals surface area contributed by atoms with Crippen LogP contribution in [0.2, 0.25) is 0 Å². The van der Waals surface area contributed by atoms with Crippen LogP contribution in [0, 0.1) is 0 Å². The van der Waals surface area contributed by atoms with Crippen molar-refractivity contribution in [3.8, 4) is 0 Å². The first-order chi connectivity index (χ1) is 3.66. The first-order valence-electron chi connectivity index (χ1n) is 2.01. The molecule has 0 aliphatic carbocycles. The fourth-order valence-corrected chi connectivity index (χ4v) is 0.401. The van der Waals surface area contributed by atoms with Crippen LogP contribution in [0.1, 0.15) is 6.42 Å². The zero-order valence-electron chi connectivity index (χ0n) is 4.13. The molecule has 0 saturated carbocycles. The van der Waals surface area contributed by atoms with Crippen molar-refractivity contribution >= 4 is 23.5 Å². The van der Waals surface area contributed by atoms with Gasteiger partial charge in [-0.1, -0.05) is 0 Å². The lowest BCUT2D eigenvalue weighted by molar-refractivity contribution is -0.125. The third-order valence-corrected chi connectivity index (χ3v) is 0.683. The zero-order chi connectivity index (χ0) is 6.57. The Kier molecular flexibility index (Phi) is 3.47. The number of hydrogen-bond donors (Lipinski definition) is 2. The van der Waals surface area contributed by atoms with Crippen LogP contribution in [0.4, 0.5) is 0 Å². The van der Waals surface area contributed by atoms with E-state index in [1.54, 1.807) is 0 Å². The van der Waals surface area contributed by atoms with Gasteiger partial charge in [-0.25, -0.2) is 0 Å². The van der Waals surface area contributed by atoms with E-state index in [4.69, 9.17) is 5.11 Å². The predicted molar refractivity (Wildman–Crippen MR) is 30.7 cm³/mol. The van der Waals surface area contributed by atoms with E-state index in [0.717, 1.165) is 0 Å². The van der Waals surface area contributed by atoms with Gasteiger partial charge in [0, 0.05) is 0 Å². The van der Waals surface area contributed by atoms with Gasteiger partial charge in [0.15, 0.2) is 10.9 Å². The van der Waals surface area contributed by atoms with Crippen molar-refractivity contribution in [3.63, 3.8) is 0 Å². The zero-order valence-corrected chi connectivity index (χ0v) is 5.02. The van der Waals surface area contributed by atoms with E-state index in [0.29, 0.717) is 0 Å². The molecule has 0 radical (unpaired) electrons. The number of Topliss-reactive ketones (excluding diaryl/α,β-unsaturated/α-hetero) is 1. The first-order valence-corrected chi connectivity index (χ1v) is 2.46. The molecule has 0 amide bonds. The standard InChI is InChI=1S/C4H6O3S/c5-2-3(6)1-4(7)8/h5H,1-2H2,(H,7,8). The van der Waals surface area contributed by atoms with Crippen LogP contribution in [0.15, 0.2) is 0 Å².